The van der Waals surface area contributed by atoms with Crippen LogP contribution in [0.25, 0.3) is 6.08 Å². The summed E-state index contributed by atoms with van der Waals surface area (Å²) in [6, 6.07) is 18.8. The number of allylic oxidation sites excluding steroid dienone is 5. The molecule has 5 rings (SSSR count). The zero-order chi connectivity index (χ0) is 25.6. The summed E-state index contributed by atoms with van der Waals surface area (Å²) in [7, 11) is 0. The fraction of sp³-hybridized carbons (Fsp3) is 0.382. The highest BCUT2D eigenvalue weighted by molar-refractivity contribution is 8.13. The Labute approximate surface area is 228 Å². The molecule has 192 valence electrons. The molecular formula is C34H40N2S. The van der Waals surface area contributed by atoms with E-state index >= 15 is 0 Å². The predicted molar refractivity (Wildman–Crippen MR) is 164 cm³/mol. The lowest BCUT2D eigenvalue weighted by molar-refractivity contribution is 0.500. The molecule has 2 aromatic rings. The highest BCUT2D eigenvalue weighted by Crippen LogP contribution is 2.52. The number of para-hydroxylation sites is 1. The van der Waals surface area contributed by atoms with Crippen molar-refractivity contribution >= 4 is 34.3 Å². The quantitative estimate of drug-likeness (QED) is 0.210. The molecule has 3 aliphatic rings. The Kier molecular flexibility index (Phi) is 8.51. The fourth-order valence-corrected chi connectivity index (χ4v) is 6.99. The van der Waals surface area contributed by atoms with Crippen LogP contribution in [-0.4, -0.2) is 23.9 Å². The average molecular weight is 509 g/mol. The number of thioether (sulfide) groups is 1. The van der Waals surface area contributed by atoms with Crippen molar-refractivity contribution in [2.75, 3.05) is 17.7 Å². The van der Waals surface area contributed by atoms with Crippen molar-refractivity contribution in [2.45, 2.75) is 64.3 Å². The fourth-order valence-electron chi connectivity index (χ4n) is 6.38. The molecule has 0 radical (unpaired) electrons. The molecular weight excluding hydrogens is 468 g/mol. The van der Waals surface area contributed by atoms with Crippen molar-refractivity contribution in [3.05, 3.63) is 101 Å². The van der Waals surface area contributed by atoms with E-state index in [0.717, 1.165) is 19.4 Å². The van der Waals surface area contributed by atoms with Crippen molar-refractivity contribution in [1.82, 2.24) is 0 Å². The van der Waals surface area contributed by atoms with E-state index in [0.29, 0.717) is 17.9 Å². The minimum absolute atomic E-state index is 0.605. The summed E-state index contributed by atoms with van der Waals surface area (Å²) in [6.45, 7) is 5.10. The van der Waals surface area contributed by atoms with Gasteiger partial charge in [0.05, 0.1) is 11.6 Å². The van der Waals surface area contributed by atoms with Crippen LogP contribution in [0, 0.1) is 5.92 Å². The van der Waals surface area contributed by atoms with Crippen LogP contribution < -0.4 is 4.90 Å². The third-order valence-corrected chi connectivity index (χ3v) is 8.90. The van der Waals surface area contributed by atoms with Crippen molar-refractivity contribution < 1.29 is 0 Å². The minimum Gasteiger partial charge on any atom is -0.338 e. The first-order valence-corrected chi connectivity index (χ1v) is 15.2. The van der Waals surface area contributed by atoms with E-state index in [9.17, 15) is 0 Å². The van der Waals surface area contributed by atoms with Gasteiger partial charge in [-0.15, -0.1) is 11.8 Å². The van der Waals surface area contributed by atoms with Crippen LogP contribution in [0.2, 0.25) is 0 Å². The molecule has 1 aliphatic heterocycles. The van der Waals surface area contributed by atoms with E-state index in [4.69, 9.17) is 4.99 Å². The molecule has 0 spiro atoms. The Hall–Kier alpha value is -2.78. The molecule has 1 fully saturated rings. The van der Waals surface area contributed by atoms with Gasteiger partial charge in [0.1, 0.15) is 0 Å². The van der Waals surface area contributed by atoms with Crippen molar-refractivity contribution in [3.63, 3.8) is 0 Å². The summed E-state index contributed by atoms with van der Waals surface area (Å²) < 4.78 is 0. The van der Waals surface area contributed by atoms with Crippen LogP contribution in [0.5, 0.6) is 0 Å². The Balaban J connectivity index is 1.44. The number of aliphatic imine (C=N–C) groups is 1. The number of hydrogen-bond acceptors (Lipinski definition) is 3. The largest absolute Gasteiger partial charge is 0.338 e. The van der Waals surface area contributed by atoms with Crippen LogP contribution in [0.3, 0.4) is 0 Å². The van der Waals surface area contributed by atoms with Crippen molar-refractivity contribution in [3.8, 4) is 0 Å². The Morgan fingerprint density at radius 2 is 1.95 bits per heavy atom. The molecule has 0 aromatic heterocycles. The molecule has 3 atom stereocenters. The summed E-state index contributed by atoms with van der Waals surface area (Å²) in [6.07, 6.45) is 22.8. The number of hydrogen-bond donors (Lipinski definition) is 0. The molecule has 0 amide bonds. The number of rotatable bonds is 7. The van der Waals surface area contributed by atoms with Gasteiger partial charge in [0.25, 0.3) is 0 Å². The average Bonchev–Trinajstić information content (AvgIpc) is 3.52. The van der Waals surface area contributed by atoms with Gasteiger partial charge in [-0.25, -0.2) is 0 Å². The van der Waals surface area contributed by atoms with E-state index in [1.165, 1.54) is 58.8 Å². The molecule has 0 N–H and O–H groups in total. The normalized spacial score (nSPS) is 24.8. The van der Waals surface area contributed by atoms with E-state index < -0.39 is 0 Å². The van der Waals surface area contributed by atoms with E-state index in [-0.39, 0.29) is 0 Å². The zero-order valence-electron chi connectivity index (χ0n) is 22.6. The van der Waals surface area contributed by atoms with Crippen LogP contribution in [-0.2, 0) is 0 Å². The summed E-state index contributed by atoms with van der Waals surface area (Å²) >= 11 is 1.78. The monoisotopic (exact) mass is 508 g/mol. The van der Waals surface area contributed by atoms with Crippen molar-refractivity contribution in [2.24, 2.45) is 10.9 Å². The Bertz CT molecular complexity index is 1230. The van der Waals surface area contributed by atoms with Crippen LogP contribution in [0.1, 0.15) is 69.4 Å². The molecule has 37 heavy (non-hydrogen) atoms. The van der Waals surface area contributed by atoms with Gasteiger partial charge in [-0.3, -0.25) is 4.99 Å². The third-order valence-electron chi connectivity index (χ3n) is 8.13. The smallest absolute Gasteiger partial charge is 0.0937 e. The van der Waals surface area contributed by atoms with Gasteiger partial charge in [-0.1, -0.05) is 80.5 Å². The maximum absolute atomic E-state index is 4.93. The molecule has 1 saturated carbocycles. The molecule has 2 nitrogen and oxygen atoms in total. The van der Waals surface area contributed by atoms with Gasteiger partial charge in [0.2, 0.25) is 0 Å². The third kappa shape index (κ3) is 5.72. The zero-order valence-corrected chi connectivity index (χ0v) is 23.4. The lowest BCUT2D eigenvalue weighted by atomic mass is 9.83. The molecule has 1 heterocycles. The lowest BCUT2D eigenvalue weighted by Crippen LogP contribution is -2.26. The second-order valence-electron chi connectivity index (χ2n) is 10.5. The number of nitrogens with zero attached hydrogens (tertiary/aromatic N) is 2. The first-order valence-electron chi connectivity index (χ1n) is 14.0. The number of fused-ring (bicyclic) bond motifs is 3. The molecule has 3 heteroatoms. The van der Waals surface area contributed by atoms with Gasteiger partial charge in [0, 0.05) is 23.3 Å². The maximum Gasteiger partial charge on any atom is 0.0937 e. The van der Waals surface area contributed by atoms with Gasteiger partial charge in [-0.2, -0.15) is 0 Å². The van der Waals surface area contributed by atoms with Crippen LogP contribution in [0.15, 0.2) is 95.0 Å². The number of benzene rings is 2. The molecule has 0 saturated heterocycles. The Morgan fingerprint density at radius 1 is 1.08 bits per heavy atom. The number of anilines is 2. The van der Waals surface area contributed by atoms with Crippen LogP contribution in [0.4, 0.5) is 11.4 Å². The van der Waals surface area contributed by atoms with Gasteiger partial charge < -0.3 is 4.90 Å². The standard InChI is InChI=1S/C34H40N2S/c1-4-6-7-11-19-35-34(37-3)28-22-25(5-2)20-27(23-28)21-26-17-18-33-31(24-26)30-15-12-16-32(30)36(33)29-13-9-8-10-14-29/h4,6-11,13-14,17-18,21,23-25,30,32H,5,12,15-16,19-20,22H2,1-3H3/b6-4-,11-7-,27-21-,35-34?. The van der Waals surface area contributed by atoms with Gasteiger partial charge in [-0.05, 0) is 91.3 Å². The minimum atomic E-state index is 0.605. The summed E-state index contributed by atoms with van der Waals surface area (Å²) in [5.41, 5.74) is 8.49. The first-order chi connectivity index (χ1) is 18.2. The van der Waals surface area contributed by atoms with Crippen molar-refractivity contribution in [1.29, 1.82) is 0 Å². The second kappa shape index (κ2) is 12.2. The SMILES string of the molecule is C/C=C\C=C/CN=C(SC)C1=C/C(=C\c2ccc3c(c2)C2CCCC2N3c2ccccc2)CC(CC)C1. The predicted octanol–water partition coefficient (Wildman–Crippen LogP) is 9.50. The topological polar surface area (TPSA) is 15.6 Å². The van der Waals surface area contributed by atoms with Crippen LogP contribution >= 0.6 is 11.8 Å². The van der Waals surface area contributed by atoms with Gasteiger partial charge in [0.15, 0.2) is 0 Å². The van der Waals surface area contributed by atoms with Gasteiger partial charge >= 0.3 is 0 Å². The molecule has 0 bridgehead atoms. The van der Waals surface area contributed by atoms with E-state index in [1.807, 2.05) is 13.0 Å². The second-order valence-corrected chi connectivity index (χ2v) is 11.3. The van der Waals surface area contributed by atoms with E-state index in [2.05, 4.69) is 97.0 Å². The maximum atomic E-state index is 4.93. The summed E-state index contributed by atoms with van der Waals surface area (Å²) in [5.74, 6) is 1.34. The lowest BCUT2D eigenvalue weighted by Gasteiger charge is -2.27. The summed E-state index contributed by atoms with van der Waals surface area (Å²) in [5, 5.41) is 1.19. The molecule has 3 unspecified atom stereocenters. The first kappa shape index (κ1) is 25.9. The summed E-state index contributed by atoms with van der Waals surface area (Å²) in [4.78, 5) is 7.54. The van der Waals surface area contributed by atoms with E-state index in [1.54, 1.807) is 17.3 Å². The molecule has 2 aromatic carbocycles. The Morgan fingerprint density at radius 3 is 2.73 bits per heavy atom. The highest BCUT2D eigenvalue weighted by atomic mass is 32.2. The highest BCUT2D eigenvalue weighted by Gasteiger charge is 2.42. The molecule has 2 aliphatic carbocycles.